The molecular formula is C13H20N2O4. The molecule has 0 aromatic carbocycles. The topological polar surface area (TPSA) is 77.9 Å². The number of carbonyl (C=O) groups is 3. The van der Waals surface area contributed by atoms with Crippen LogP contribution in [-0.2, 0) is 14.4 Å². The smallest absolute Gasteiger partial charge is 0.303 e. The van der Waals surface area contributed by atoms with Gasteiger partial charge in [0.1, 0.15) is 0 Å². The highest BCUT2D eigenvalue weighted by Gasteiger charge is 2.35. The van der Waals surface area contributed by atoms with E-state index in [4.69, 9.17) is 5.11 Å². The molecular weight excluding hydrogens is 248 g/mol. The summed E-state index contributed by atoms with van der Waals surface area (Å²) in [6.45, 7) is 2.37. The first-order valence-electron chi connectivity index (χ1n) is 6.86. The molecule has 0 spiro atoms. The minimum Gasteiger partial charge on any atom is -0.481 e. The Morgan fingerprint density at radius 1 is 0.947 bits per heavy atom. The monoisotopic (exact) mass is 268 g/mol. The first kappa shape index (κ1) is 13.8. The van der Waals surface area contributed by atoms with E-state index in [-0.39, 0.29) is 30.6 Å². The molecule has 0 atom stereocenters. The summed E-state index contributed by atoms with van der Waals surface area (Å²) in [6, 6.07) is 0. The summed E-state index contributed by atoms with van der Waals surface area (Å²) in [5, 5.41) is 8.52. The summed E-state index contributed by atoms with van der Waals surface area (Å²) in [5.41, 5.74) is 0. The summed E-state index contributed by atoms with van der Waals surface area (Å²) in [5.74, 6) is -0.400. The van der Waals surface area contributed by atoms with Gasteiger partial charge in [-0.05, 0) is 19.3 Å². The van der Waals surface area contributed by atoms with Crippen molar-refractivity contribution in [2.24, 2.45) is 5.92 Å². The number of rotatable bonds is 5. The molecule has 2 rings (SSSR count). The van der Waals surface area contributed by atoms with Gasteiger partial charge < -0.3 is 14.9 Å². The Kier molecular flexibility index (Phi) is 4.39. The number of carboxylic acid groups (broad SMARTS) is 1. The number of hydrogen-bond donors (Lipinski definition) is 1. The van der Waals surface area contributed by atoms with E-state index in [2.05, 4.69) is 0 Å². The second-order valence-electron chi connectivity index (χ2n) is 5.23. The van der Waals surface area contributed by atoms with Crippen LogP contribution in [-0.4, -0.2) is 58.9 Å². The van der Waals surface area contributed by atoms with Gasteiger partial charge in [-0.3, -0.25) is 14.4 Å². The average molecular weight is 268 g/mol. The molecule has 2 amide bonds. The highest BCUT2D eigenvalue weighted by molar-refractivity contribution is 5.82. The number of carboxylic acids is 1. The van der Waals surface area contributed by atoms with Crippen molar-refractivity contribution in [2.45, 2.75) is 32.1 Å². The Morgan fingerprint density at radius 2 is 1.53 bits per heavy atom. The minimum absolute atomic E-state index is 0.000212. The molecule has 1 aliphatic carbocycles. The molecule has 1 saturated carbocycles. The Hall–Kier alpha value is -1.59. The summed E-state index contributed by atoms with van der Waals surface area (Å²) >= 11 is 0. The molecule has 1 aliphatic heterocycles. The largest absolute Gasteiger partial charge is 0.481 e. The van der Waals surface area contributed by atoms with Crippen molar-refractivity contribution in [3.05, 3.63) is 0 Å². The predicted octanol–water partition coefficient (Wildman–Crippen LogP) is 0.322. The second-order valence-corrected chi connectivity index (χ2v) is 5.23. The molecule has 0 bridgehead atoms. The third-order valence-corrected chi connectivity index (χ3v) is 3.65. The molecule has 0 radical (unpaired) electrons. The SMILES string of the molecule is O=C(O)CCCC(=O)N1CCN(C(=O)C2CC2)CC1. The Labute approximate surface area is 112 Å². The van der Waals surface area contributed by atoms with E-state index < -0.39 is 5.97 Å². The van der Waals surface area contributed by atoms with Crippen molar-refractivity contribution < 1.29 is 19.5 Å². The van der Waals surface area contributed by atoms with E-state index in [1.54, 1.807) is 4.90 Å². The lowest BCUT2D eigenvalue weighted by atomic mass is 10.2. The highest BCUT2D eigenvalue weighted by atomic mass is 16.4. The van der Waals surface area contributed by atoms with Gasteiger partial charge >= 0.3 is 5.97 Å². The second kappa shape index (κ2) is 6.04. The third-order valence-electron chi connectivity index (χ3n) is 3.65. The molecule has 2 fully saturated rings. The van der Waals surface area contributed by atoms with Gasteiger partial charge in [0.05, 0.1) is 0 Å². The summed E-state index contributed by atoms with van der Waals surface area (Å²) in [7, 11) is 0. The van der Waals surface area contributed by atoms with E-state index in [0.717, 1.165) is 12.8 Å². The number of nitrogens with zero attached hydrogens (tertiary/aromatic N) is 2. The summed E-state index contributed by atoms with van der Waals surface area (Å²) in [4.78, 5) is 37.6. The Balaban J connectivity index is 1.68. The van der Waals surface area contributed by atoms with Crippen molar-refractivity contribution in [1.29, 1.82) is 0 Å². The predicted molar refractivity (Wildman–Crippen MR) is 67.4 cm³/mol. The molecule has 2 aliphatic rings. The molecule has 0 aromatic heterocycles. The first-order chi connectivity index (χ1) is 9.08. The van der Waals surface area contributed by atoms with Crippen LogP contribution in [0.25, 0.3) is 0 Å². The molecule has 1 heterocycles. The molecule has 0 unspecified atom stereocenters. The summed E-state index contributed by atoms with van der Waals surface area (Å²) < 4.78 is 0. The van der Waals surface area contributed by atoms with Crippen molar-refractivity contribution in [2.75, 3.05) is 26.2 Å². The molecule has 6 nitrogen and oxygen atoms in total. The van der Waals surface area contributed by atoms with Gasteiger partial charge in [0.15, 0.2) is 0 Å². The normalized spacial score (nSPS) is 19.4. The van der Waals surface area contributed by atoms with Crippen molar-refractivity contribution >= 4 is 17.8 Å². The fourth-order valence-electron chi connectivity index (χ4n) is 2.31. The fraction of sp³-hybridized carbons (Fsp3) is 0.769. The first-order valence-corrected chi connectivity index (χ1v) is 6.86. The third kappa shape index (κ3) is 3.94. The van der Waals surface area contributed by atoms with Gasteiger partial charge in [-0.1, -0.05) is 0 Å². The molecule has 1 saturated heterocycles. The lowest BCUT2D eigenvalue weighted by molar-refractivity contribution is -0.141. The lowest BCUT2D eigenvalue weighted by Crippen LogP contribution is -2.51. The van der Waals surface area contributed by atoms with Crippen LogP contribution < -0.4 is 0 Å². The van der Waals surface area contributed by atoms with Crippen molar-refractivity contribution in [3.8, 4) is 0 Å². The lowest BCUT2D eigenvalue weighted by Gasteiger charge is -2.35. The van der Waals surface area contributed by atoms with Crippen molar-refractivity contribution in [1.82, 2.24) is 9.80 Å². The zero-order chi connectivity index (χ0) is 13.8. The molecule has 106 valence electrons. The maximum Gasteiger partial charge on any atom is 0.303 e. The van der Waals surface area contributed by atoms with Gasteiger partial charge in [0.25, 0.3) is 0 Å². The van der Waals surface area contributed by atoms with E-state index in [1.165, 1.54) is 0 Å². The highest BCUT2D eigenvalue weighted by Crippen LogP contribution is 2.31. The maximum atomic E-state index is 11.8. The van der Waals surface area contributed by atoms with Crippen LogP contribution >= 0.6 is 0 Å². The number of piperazine rings is 1. The van der Waals surface area contributed by atoms with Gasteiger partial charge in [-0.25, -0.2) is 0 Å². The molecule has 0 aromatic rings. The van der Waals surface area contributed by atoms with Crippen LogP contribution in [0.5, 0.6) is 0 Å². The van der Waals surface area contributed by atoms with Crippen LogP contribution in [0.1, 0.15) is 32.1 Å². The Bertz CT molecular complexity index is 371. The van der Waals surface area contributed by atoms with E-state index in [0.29, 0.717) is 32.6 Å². The van der Waals surface area contributed by atoms with Crippen LogP contribution in [0.15, 0.2) is 0 Å². The van der Waals surface area contributed by atoms with E-state index >= 15 is 0 Å². The van der Waals surface area contributed by atoms with Crippen LogP contribution in [0, 0.1) is 5.92 Å². The van der Waals surface area contributed by atoms with Gasteiger partial charge in [-0.2, -0.15) is 0 Å². The summed E-state index contributed by atoms with van der Waals surface area (Å²) in [6.07, 6.45) is 2.71. The van der Waals surface area contributed by atoms with Crippen LogP contribution in [0.3, 0.4) is 0 Å². The van der Waals surface area contributed by atoms with E-state index in [1.807, 2.05) is 4.90 Å². The quantitative estimate of drug-likeness (QED) is 0.779. The number of hydrogen-bond acceptors (Lipinski definition) is 3. The van der Waals surface area contributed by atoms with Gasteiger partial charge in [-0.15, -0.1) is 0 Å². The molecule has 1 N–H and O–H groups in total. The Morgan fingerprint density at radius 3 is 2.05 bits per heavy atom. The van der Waals surface area contributed by atoms with E-state index in [9.17, 15) is 14.4 Å². The maximum absolute atomic E-state index is 11.8. The fourth-order valence-corrected chi connectivity index (χ4v) is 2.31. The number of amides is 2. The van der Waals surface area contributed by atoms with Crippen LogP contribution in [0.4, 0.5) is 0 Å². The van der Waals surface area contributed by atoms with Gasteiger partial charge in [0.2, 0.25) is 11.8 Å². The van der Waals surface area contributed by atoms with Crippen molar-refractivity contribution in [3.63, 3.8) is 0 Å². The minimum atomic E-state index is -0.868. The average Bonchev–Trinajstić information content (AvgIpc) is 3.22. The molecule has 6 heteroatoms. The van der Waals surface area contributed by atoms with Gasteiger partial charge in [0, 0.05) is 44.9 Å². The van der Waals surface area contributed by atoms with Crippen LogP contribution in [0.2, 0.25) is 0 Å². The zero-order valence-corrected chi connectivity index (χ0v) is 11.0. The standard InChI is InChI=1S/C13H20N2O4/c16-11(2-1-3-12(17)18)14-6-8-15(9-7-14)13(19)10-4-5-10/h10H,1-9H2,(H,17,18). The number of carbonyl (C=O) groups excluding carboxylic acids is 2. The zero-order valence-electron chi connectivity index (χ0n) is 11.0. The number of aliphatic carboxylic acids is 1. The molecule has 19 heavy (non-hydrogen) atoms.